The molecule has 0 radical (unpaired) electrons. The number of fused-ring (bicyclic) bond motifs is 1. The maximum absolute atomic E-state index is 11.6. The number of nitrogens with zero attached hydrogens (tertiary/aromatic N) is 1. The van der Waals surface area contributed by atoms with Crippen LogP contribution in [-0.2, 0) is 20.1 Å². The van der Waals surface area contributed by atoms with Gasteiger partial charge in [0.1, 0.15) is 0 Å². The van der Waals surface area contributed by atoms with Crippen LogP contribution in [0.4, 0.5) is 0 Å². The largest absolute Gasteiger partial charge is 0.313 e. The molecule has 0 bridgehead atoms. The van der Waals surface area contributed by atoms with Gasteiger partial charge in [0.25, 0.3) is 5.56 Å². The van der Waals surface area contributed by atoms with Crippen LogP contribution in [-0.4, -0.2) is 4.57 Å². The number of hydrogen-bond donors (Lipinski definition) is 1. The van der Waals surface area contributed by atoms with Crippen molar-refractivity contribution in [2.75, 3.05) is 0 Å². The molecular weight excluding hydrogens is 232 g/mol. The van der Waals surface area contributed by atoms with Gasteiger partial charge in [0.05, 0.1) is 4.47 Å². The number of pyridine rings is 1. The van der Waals surface area contributed by atoms with Gasteiger partial charge >= 0.3 is 0 Å². The SMILES string of the molecule is Cc1c2c(n(C)c(=O)c1Br)CNC2. The molecule has 0 fully saturated rings. The van der Waals surface area contributed by atoms with Crippen LogP contribution in [0.5, 0.6) is 0 Å². The average Bonchev–Trinajstić information content (AvgIpc) is 2.59. The minimum atomic E-state index is 0.0555. The van der Waals surface area contributed by atoms with Crippen LogP contribution in [0.1, 0.15) is 16.8 Å². The molecular formula is C9H11BrN2O. The third-order valence-corrected chi connectivity index (χ3v) is 3.56. The second-order valence-corrected chi connectivity index (χ2v) is 4.12. The van der Waals surface area contributed by atoms with E-state index < -0.39 is 0 Å². The van der Waals surface area contributed by atoms with Gasteiger partial charge in [-0.15, -0.1) is 0 Å². The fourth-order valence-corrected chi connectivity index (χ4v) is 2.25. The van der Waals surface area contributed by atoms with Crippen LogP contribution in [0.2, 0.25) is 0 Å². The van der Waals surface area contributed by atoms with E-state index in [1.165, 1.54) is 5.56 Å². The van der Waals surface area contributed by atoms with Gasteiger partial charge in [-0.25, -0.2) is 0 Å². The van der Waals surface area contributed by atoms with Crippen molar-refractivity contribution in [3.63, 3.8) is 0 Å². The molecule has 0 atom stereocenters. The van der Waals surface area contributed by atoms with E-state index in [2.05, 4.69) is 21.2 Å². The highest BCUT2D eigenvalue weighted by molar-refractivity contribution is 9.10. The topological polar surface area (TPSA) is 34.0 Å². The number of hydrogen-bond acceptors (Lipinski definition) is 2. The molecule has 1 aromatic heterocycles. The molecule has 70 valence electrons. The van der Waals surface area contributed by atoms with Gasteiger partial charge < -0.3 is 9.88 Å². The van der Waals surface area contributed by atoms with E-state index in [-0.39, 0.29) is 5.56 Å². The zero-order valence-corrected chi connectivity index (χ0v) is 9.23. The zero-order chi connectivity index (χ0) is 9.59. The first kappa shape index (κ1) is 8.97. The fourth-order valence-electron chi connectivity index (χ4n) is 1.75. The predicted octanol–water partition coefficient (Wildman–Crippen LogP) is 1.06. The Morgan fingerprint density at radius 1 is 1.46 bits per heavy atom. The van der Waals surface area contributed by atoms with Gasteiger partial charge in [0.15, 0.2) is 0 Å². The standard InChI is InChI=1S/C9H11BrN2O/c1-5-6-3-11-4-7(6)12(2)9(13)8(5)10/h11H,3-4H2,1-2H3. The quantitative estimate of drug-likeness (QED) is 0.739. The maximum atomic E-state index is 11.6. The number of rotatable bonds is 0. The first-order valence-corrected chi connectivity index (χ1v) is 4.99. The van der Waals surface area contributed by atoms with E-state index in [1.54, 1.807) is 4.57 Å². The van der Waals surface area contributed by atoms with Crippen molar-refractivity contribution in [1.29, 1.82) is 0 Å². The molecule has 0 saturated heterocycles. The van der Waals surface area contributed by atoms with Crippen LogP contribution in [0, 0.1) is 6.92 Å². The number of aromatic nitrogens is 1. The van der Waals surface area contributed by atoms with Gasteiger partial charge in [-0.05, 0) is 34.0 Å². The lowest BCUT2D eigenvalue weighted by atomic mass is 10.1. The highest BCUT2D eigenvalue weighted by atomic mass is 79.9. The summed E-state index contributed by atoms with van der Waals surface area (Å²) < 4.78 is 2.41. The minimum absolute atomic E-state index is 0.0555. The van der Waals surface area contributed by atoms with Crippen molar-refractivity contribution in [1.82, 2.24) is 9.88 Å². The Hall–Kier alpha value is -0.610. The predicted molar refractivity (Wildman–Crippen MR) is 54.7 cm³/mol. The van der Waals surface area contributed by atoms with Crippen LogP contribution in [0.25, 0.3) is 0 Å². The van der Waals surface area contributed by atoms with Crippen molar-refractivity contribution in [2.24, 2.45) is 7.05 Å². The third kappa shape index (κ3) is 1.16. The van der Waals surface area contributed by atoms with Gasteiger partial charge in [0, 0.05) is 25.8 Å². The molecule has 0 saturated carbocycles. The molecule has 0 amide bonds. The van der Waals surface area contributed by atoms with Gasteiger partial charge in [-0.3, -0.25) is 4.79 Å². The highest BCUT2D eigenvalue weighted by Gasteiger charge is 2.19. The van der Waals surface area contributed by atoms with Crippen LogP contribution >= 0.6 is 15.9 Å². The summed E-state index contributed by atoms with van der Waals surface area (Å²) in [6.07, 6.45) is 0. The van der Waals surface area contributed by atoms with Crippen LogP contribution < -0.4 is 10.9 Å². The Morgan fingerprint density at radius 2 is 2.15 bits per heavy atom. The van der Waals surface area contributed by atoms with Crippen molar-refractivity contribution in [3.05, 3.63) is 31.6 Å². The zero-order valence-electron chi connectivity index (χ0n) is 7.65. The van der Waals surface area contributed by atoms with E-state index in [1.807, 2.05) is 14.0 Å². The van der Waals surface area contributed by atoms with Crippen molar-refractivity contribution >= 4 is 15.9 Å². The summed E-state index contributed by atoms with van der Waals surface area (Å²) in [6, 6.07) is 0. The van der Waals surface area contributed by atoms with E-state index in [4.69, 9.17) is 0 Å². The average molecular weight is 243 g/mol. The molecule has 0 aromatic carbocycles. The van der Waals surface area contributed by atoms with Crippen molar-refractivity contribution in [2.45, 2.75) is 20.0 Å². The molecule has 0 aliphatic carbocycles. The molecule has 0 unspecified atom stereocenters. The monoisotopic (exact) mass is 242 g/mol. The smallest absolute Gasteiger partial charge is 0.265 e. The minimum Gasteiger partial charge on any atom is -0.313 e. The summed E-state index contributed by atoms with van der Waals surface area (Å²) in [7, 11) is 1.82. The summed E-state index contributed by atoms with van der Waals surface area (Å²) in [5.41, 5.74) is 3.50. The lowest BCUT2D eigenvalue weighted by molar-refractivity contribution is 0.719. The van der Waals surface area contributed by atoms with E-state index >= 15 is 0 Å². The maximum Gasteiger partial charge on any atom is 0.265 e. The van der Waals surface area contributed by atoms with Gasteiger partial charge in [-0.1, -0.05) is 0 Å². The normalized spacial score (nSPS) is 14.7. The van der Waals surface area contributed by atoms with E-state index in [0.717, 1.165) is 24.3 Å². The first-order chi connectivity index (χ1) is 6.13. The van der Waals surface area contributed by atoms with Crippen LogP contribution in [0.3, 0.4) is 0 Å². The molecule has 1 N–H and O–H groups in total. The Morgan fingerprint density at radius 3 is 2.85 bits per heavy atom. The number of nitrogens with one attached hydrogen (secondary N) is 1. The third-order valence-electron chi connectivity index (χ3n) is 2.62. The summed E-state index contributed by atoms with van der Waals surface area (Å²) in [5.74, 6) is 0. The van der Waals surface area contributed by atoms with Gasteiger partial charge in [0.2, 0.25) is 0 Å². The molecule has 1 aromatic rings. The van der Waals surface area contributed by atoms with E-state index in [0.29, 0.717) is 4.47 Å². The van der Waals surface area contributed by atoms with Crippen molar-refractivity contribution in [3.8, 4) is 0 Å². The Balaban J connectivity index is 2.85. The molecule has 3 nitrogen and oxygen atoms in total. The lowest BCUT2D eigenvalue weighted by Gasteiger charge is -2.09. The molecule has 1 aliphatic heterocycles. The summed E-state index contributed by atoms with van der Waals surface area (Å²) in [4.78, 5) is 11.6. The van der Waals surface area contributed by atoms with Crippen molar-refractivity contribution < 1.29 is 0 Å². The molecule has 1 aliphatic rings. The summed E-state index contributed by atoms with van der Waals surface area (Å²) >= 11 is 3.32. The van der Waals surface area contributed by atoms with E-state index in [9.17, 15) is 4.79 Å². The summed E-state index contributed by atoms with van der Waals surface area (Å²) in [5, 5.41) is 3.24. The fraction of sp³-hybridized carbons (Fsp3) is 0.444. The summed E-state index contributed by atoms with van der Waals surface area (Å²) in [6.45, 7) is 3.65. The molecule has 2 rings (SSSR count). The first-order valence-electron chi connectivity index (χ1n) is 4.20. The highest BCUT2D eigenvalue weighted by Crippen LogP contribution is 2.22. The molecule has 13 heavy (non-hydrogen) atoms. The van der Waals surface area contributed by atoms with Gasteiger partial charge in [-0.2, -0.15) is 0 Å². The molecule has 4 heteroatoms. The number of halogens is 1. The Bertz CT molecular complexity index is 423. The Kier molecular flexibility index (Phi) is 2.04. The lowest BCUT2D eigenvalue weighted by Crippen LogP contribution is -2.22. The second-order valence-electron chi connectivity index (χ2n) is 3.33. The molecule has 0 spiro atoms. The van der Waals surface area contributed by atoms with Crippen LogP contribution in [0.15, 0.2) is 9.27 Å². The second kappa shape index (κ2) is 2.96. The molecule has 2 heterocycles. The Labute approximate surface area is 84.9 Å².